The number of hydrogen-bond acceptors (Lipinski definition) is 6. The Bertz CT molecular complexity index is 759. The van der Waals surface area contributed by atoms with E-state index in [0.717, 1.165) is 73.7 Å². The monoisotopic (exact) mass is 341 g/mol. The Balaban J connectivity index is 1.77. The van der Waals surface area contributed by atoms with Crippen LogP contribution in [-0.4, -0.2) is 49.4 Å². The number of nitrogen functional groups attached to an aromatic ring is 1. The molecule has 6 heteroatoms. The highest BCUT2D eigenvalue weighted by atomic mass is 16.5. The molecule has 2 N–H and O–H groups in total. The van der Waals surface area contributed by atoms with Crippen molar-refractivity contribution in [2.75, 3.05) is 54.9 Å². The van der Waals surface area contributed by atoms with Crippen LogP contribution in [0.15, 0.2) is 18.2 Å². The molecular formula is C19H27N5O. The van der Waals surface area contributed by atoms with E-state index in [0.29, 0.717) is 5.92 Å². The number of nitrogens with zero attached hydrogens (tertiary/aromatic N) is 4. The molecule has 0 saturated carbocycles. The van der Waals surface area contributed by atoms with Crippen molar-refractivity contribution >= 4 is 28.4 Å². The molecule has 0 amide bonds. The fourth-order valence-corrected chi connectivity index (χ4v) is 3.72. The quantitative estimate of drug-likeness (QED) is 0.847. The van der Waals surface area contributed by atoms with Gasteiger partial charge in [-0.05, 0) is 36.5 Å². The third kappa shape index (κ3) is 3.23. The zero-order valence-electron chi connectivity index (χ0n) is 15.1. The lowest BCUT2D eigenvalue weighted by molar-refractivity contribution is 0.122. The molecule has 2 unspecified atom stereocenters. The molecule has 1 aromatic carbocycles. The van der Waals surface area contributed by atoms with Crippen molar-refractivity contribution in [3.63, 3.8) is 0 Å². The van der Waals surface area contributed by atoms with Gasteiger partial charge in [0.25, 0.3) is 0 Å². The van der Waals surface area contributed by atoms with Gasteiger partial charge in [0.15, 0.2) is 0 Å². The van der Waals surface area contributed by atoms with Gasteiger partial charge in [0.1, 0.15) is 5.82 Å². The van der Waals surface area contributed by atoms with Gasteiger partial charge >= 0.3 is 0 Å². The number of nitrogens with two attached hydrogens (primary N) is 1. The van der Waals surface area contributed by atoms with Crippen molar-refractivity contribution in [1.82, 2.24) is 9.97 Å². The molecule has 2 aliphatic heterocycles. The molecular weight excluding hydrogens is 314 g/mol. The Hall–Kier alpha value is -2.08. The van der Waals surface area contributed by atoms with E-state index < -0.39 is 0 Å². The van der Waals surface area contributed by atoms with E-state index in [-0.39, 0.29) is 0 Å². The first-order valence-corrected chi connectivity index (χ1v) is 9.27. The Kier molecular flexibility index (Phi) is 4.37. The van der Waals surface area contributed by atoms with Crippen molar-refractivity contribution in [3.8, 4) is 0 Å². The molecule has 2 aliphatic rings. The van der Waals surface area contributed by atoms with Crippen LogP contribution in [-0.2, 0) is 4.74 Å². The van der Waals surface area contributed by atoms with Crippen LogP contribution in [0.5, 0.6) is 0 Å². The van der Waals surface area contributed by atoms with Gasteiger partial charge in [0.2, 0.25) is 5.95 Å². The molecule has 134 valence electrons. The predicted octanol–water partition coefficient (Wildman–Crippen LogP) is 2.53. The minimum atomic E-state index is 0.666. The summed E-state index contributed by atoms with van der Waals surface area (Å²) < 4.78 is 5.47. The Labute approximate surface area is 149 Å². The maximum atomic E-state index is 6.01. The first-order valence-electron chi connectivity index (χ1n) is 9.27. The molecule has 4 rings (SSSR count). The number of anilines is 3. The second-order valence-electron chi connectivity index (χ2n) is 7.41. The minimum Gasteiger partial charge on any atom is -0.399 e. The summed E-state index contributed by atoms with van der Waals surface area (Å²) in [4.78, 5) is 14.4. The van der Waals surface area contributed by atoms with Gasteiger partial charge in [-0.1, -0.05) is 13.8 Å². The molecule has 2 aromatic rings. The van der Waals surface area contributed by atoms with Crippen LogP contribution in [0, 0.1) is 11.8 Å². The summed E-state index contributed by atoms with van der Waals surface area (Å²) in [7, 11) is 0. The zero-order valence-corrected chi connectivity index (χ0v) is 15.1. The SMILES string of the molecule is CC1CCN(c2nc(N3CCOCC3)nc3cc(N)ccc23)CC1C. The van der Waals surface area contributed by atoms with Gasteiger partial charge in [-0.15, -0.1) is 0 Å². The minimum absolute atomic E-state index is 0.666. The summed E-state index contributed by atoms with van der Waals surface area (Å²) in [6.45, 7) is 9.89. The second kappa shape index (κ2) is 6.67. The van der Waals surface area contributed by atoms with Gasteiger partial charge in [-0.3, -0.25) is 0 Å². The summed E-state index contributed by atoms with van der Waals surface area (Å²) in [5.74, 6) is 3.27. The van der Waals surface area contributed by atoms with Crippen LogP contribution in [0.3, 0.4) is 0 Å². The fourth-order valence-electron chi connectivity index (χ4n) is 3.72. The lowest BCUT2D eigenvalue weighted by Gasteiger charge is -2.37. The number of morpholine rings is 1. The van der Waals surface area contributed by atoms with E-state index in [2.05, 4.69) is 29.7 Å². The van der Waals surface area contributed by atoms with Crippen molar-refractivity contribution < 1.29 is 4.74 Å². The zero-order chi connectivity index (χ0) is 17.4. The van der Waals surface area contributed by atoms with Gasteiger partial charge in [-0.2, -0.15) is 4.98 Å². The Morgan fingerprint density at radius 2 is 1.84 bits per heavy atom. The van der Waals surface area contributed by atoms with Crippen LogP contribution in [0.4, 0.5) is 17.5 Å². The molecule has 2 atom stereocenters. The third-order valence-corrected chi connectivity index (χ3v) is 5.62. The number of benzene rings is 1. The van der Waals surface area contributed by atoms with Crippen LogP contribution < -0.4 is 15.5 Å². The highest BCUT2D eigenvalue weighted by Crippen LogP contribution is 2.32. The Morgan fingerprint density at radius 3 is 2.60 bits per heavy atom. The van der Waals surface area contributed by atoms with Gasteiger partial charge in [-0.25, -0.2) is 4.98 Å². The Morgan fingerprint density at radius 1 is 1.04 bits per heavy atom. The average Bonchev–Trinajstić information content (AvgIpc) is 2.63. The molecule has 2 saturated heterocycles. The maximum Gasteiger partial charge on any atom is 0.228 e. The largest absolute Gasteiger partial charge is 0.399 e. The number of ether oxygens (including phenoxy) is 1. The van der Waals surface area contributed by atoms with Crippen molar-refractivity contribution in [3.05, 3.63) is 18.2 Å². The molecule has 25 heavy (non-hydrogen) atoms. The molecule has 0 radical (unpaired) electrons. The van der Waals surface area contributed by atoms with Crippen molar-refractivity contribution in [2.24, 2.45) is 11.8 Å². The van der Waals surface area contributed by atoms with E-state index in [1.165, 1.54) is 6.42 Å². The smallest absolute Gasteiger partial charge is 0.228 e. The van der Waals surface area contributed by atoms with Gasteiger partial charge < -0.3 is 20.3 Å². The first-order chi connectivity index (χ1) is 12.1. The van der Waals surface area contributed by atoms with E-state index in [1.807, 2.05) is 12.1 Å². The predicted molar refractivity (Wildman–Crippen MR) is 102 cm³/mol. The number of rotatable bonds is 2. The average molecular weight is 341 g/mol. The molecule has 3 heterocycles. The number of aromatic nitrogens is 2. The van der Waals surface area contributed by atoms with Crippen molar-refractivity contribution in [1.29, 1.82) is 0 Å². The second-order valence-corrected chi connectivity index (χ2v) is 7.41. The van der Waals surface area contributed by atoms with E-state index in [1.54, 1.807) is 0 Å². The van der Waals surface area contributed by atoms with Gasteiger partial charge in [0.05, 0.1) is 18.7 Å². The summed E-state index contributed by atoms with van der Waals surface area (Å²) in [6, 6.07) is 5.96. The highest BCUT2D eigenvalue weighted by molar-refractivity contribution is 5.92. The van der Waals surface area contributed by atoms with Crippen LogP contribution >= 0.6 is 0 Å². The van der Waals surface area contributed by atoms with E-state index >= 15 is 0 Å². The number of hydrogen-bond donors (Lipinski definition) is 1. The standard InChI is InChI=1S/C19H27N5O/c1-13-5-6-24(12-14(13)2)18-16-4-3-15(20)11-17(16)21-19(22-18)23-7-9-25-10-8-23/h3-4,11,13-14H,5-10,12,20H2,1-2H3. The van der Waals surface area contributed by atoms with Gasteiger partial charge in [0, 0.05) is 37.3 Å². The van der Waals surface area contributed by atoms with Crippen LogP contribution in [0.25, 0.3) is 10.9 Å². The van der Waals surface area contributed by atoms with Crippen molar-refractivity contribution in [2.45, 2.75) is 20.3 Å². The third-order valence-electron chi connectivity index (χ3n) is 5.62. The molecule has 6 nitrogen and oxygen atoms in total. The first kappa shape index (κ1) is 16.4. The summed E-state index contributed by atoms with van der Waals surface area (Å²) in [5, 5.41) is 1.09. The normalized spacial score (nSPS) is 24.7. The highest BCUT2D eigenvalue weighted by Gasteiger charge is 2.26. The molecule has 0 bridgehead atoms. The molecule has 0 aliphatic carbocycles. The topological polar surface area (TPSA) is 67.5 Å². The number of piperidine rings is 1. The fraction of sp³-hybridized carbons (Fsp3) is 0.579. The summed E-state index contributed by atoms with van der Waals surface area (Å²) in [6.07, 6.45) is 1.20. The molecule has 1 aromatic heterocycles. The summed E-state index contributed by atoms with van der Waals surface area (Å²) >= 11 is 0. The van der Waals surface area contributed by atoms with Crippen LogP contribution in [0.2, 0.25) is 0 Å². The number of fused-ring (bicyclic) bond motifs is 1. The summed E-state index contributed by atoms with van der Waals surface area (Å²) in [5.41, 5.74) is 7.68. The van der Waals surface area contributed by atoms with E-state index in [4.69, 9.17) is 20.4 Å². The molecule has 0 spiro atoms. The van der Waals surface area contributed by atoms with Crippen LogP contribution in [0.1, 0.15) is 20.3 Å². The lowest BCUT2D eigenvalue weighted by atomic mass is 9.88. The molecule has 2 fully saturated rings. The lowest BCUT2D eigenvalue weighted by Crippen LogP contribution is -2.40. The maximum absolute atomic E-state index is 6.01. The van der Waals surface area contributed by atoms with E-state index in [9.17, 15) is 0 Å².